The van der Waals surface area contributed by atoms with Crippen LogP contribution in [0.2, 0.25) is 0 Å². The summed E-state index contributed by atoms with van der Waals surface area (Å²) in [6, 6.07) is 0. The summed E-state index contributed by atoms with van der Waals surface area (Å²) in [6.45, 7) is 21.6. The van der Waals surface area contributed by atoms with Crippen LogP contribution in [0.3, 0.4) is 0 Å². The molecule has 0 spiro atoms. The number of allylic oxidation sites excluding steroid dienone is 23. The number of aliphatic hydroxyl groups excluding tert-OH is 1. The molecular weight excluding hydrogens is 496 g/mol. The maximum atomic E-state index is 10.1. The zero-order valence-corrected chi connectivity index (χ0v) is 27.6. The molecule has 1 nitrogen and oxygen atoms in total. The average Bonchev–Trinajstić information content (AvgIpc) is 2.85. The fourth-order valence-corrected chi connectivity index (χ4v) is 4.77. The zero-order chi connectivity index (χ0) is 30.8. The van der Waals surface area contributed by atoms with E-state index in [9.17, 15) is 5.11 Å². The first-order chi connectivity index (χ1) is 19.3. The van der Waals surface area contributed by atoms with Gasteiger partial charge in [0.15, 0.2) is 0 Å². The van der Waals surface area contributed by atoms with Crippen molar-refractivity contribution >= 4 is 0 Å². The lowest BCUT2D eigenvalue weighted by Gasteiger charge is -2.35. The molecule has 1 N–H and O–H groups in total. The number of aliphatic hydroxyl groups is 1. The van der Waals surface area contributed by atoms with Gasteiger partial charge in [-0.05, 0) is 92.1 Å². The zero-order valence-electron chi connectivity index (χ0n) is 27.6. The molecule has 1 aliphatic rings. The minimum Gasteiger partial charge on any atom is -0.393 e. The van der Waals surface area contributed by atoms with Crippen LogP contribution in [-0.2, 0) is 0 Å². The van der Waals surface area contributed by atoms with E-state index in [1.807, 2.05) is 0 Å². The highest BCUT2D eigenvalue weighted by molar-refractivity contribution is 5.38. The summed E-state index contributed by atoms with van der Waals surface area (Å²) in [5.74, 6) is 0. The van der Waals surface area contributed by atoms with E-state index in [0.717, 1.165) is 25.7 Å². The van der Waals surface area contributed by atoms with Crippen LogP contribution < -0.4 is 0 Å². The van der Waals surface area contributed by atoms with Crippen molar-refractivity contribution in [2.45, 2.75) is 101 Å². The van der Waals surface area contributed by atoms with Crippen LogP contribution >= 0.6 is 0 Å². The van der Waals surface area contributed by atoms with Gasteiger partial charge in [0.05, 0.1) is 6.10 Å². The van der Waals surface area contributed by atoms with Crippen LogP contribution in [0.5, 0.6) is 0 Å². The van der Waals surface area contributed by atoms with Gasteiger partial charge in [0.1, 0.15) is 0 Å². The van der Waals surface area contributed by atoms with Crippen LogP contribution in [0.25, 0.3) is 0 Å². The average molecular weight is 553 g/mol. The van der Waals surface area contributed by atoms with Crippen molar-refractivity contribution in [3.63, 3.8) is 0 Å². The quantitative estimate of drug-likeness (QED) is 0.178. The summed E-state index contributed by atoms with van der Waals surface area (Å²) in [5, 5.41) is 10.1. The SMILES string of the molecule is CC(C)=CCC\C(C)=C/C=C/C(C)=C\C=C\C(C)=C/C=C/C=C(C)\C=C\C=C(C)/C=C/C1=C(C)C[C@@H](O)CC1(C)C. The fourth-order valence-electron chi connectivity index (χ4n) is 4.77. The second-order valence-corrected chi connectivity index (χ2v) is 12.4. The van der Waals surface area contributed by atoms with Gasteiger partial charge in [-0.15, -0.1) is 0 Å². The van der Waals surface area contributed by atoms with Gasteiger partial charge in [-0.25, -0.2) is 0 Å². The first kappa shape index (κ1) is 35.9. The van der Waals surface area contributed by atoms with Gasteiger partial charge in [-0.2, -0.15) is 0 Å². The summed E-state index contributed by atoms with van der Waals surface area (Å²) >= 11 is 0. The lowest BCUT2D eigenvalue weighted by Crippen LogP contribution is -2.28. The van der Waals surface area contributed by atoms with E-state index >= 15 is 0 Å². The Morgan fingerprint density at radius 3 is 1.66 bits per heavy atom. The molecule has 1 heteroatoms. The molecule has 0 amide bonds. The molecule has 0 heterocycles. The Hall–Kier alpha value is -3.16. The van der Waals surface area contributed by atoms with Crippen LogP contribution in [0, 0.1) is 5.41 Å². The van der Waals surface area contributed by atoms with Gasteiger partial charge in [0, 0.05) is 0 Å². The molecule has 0 bridgehead atoms. The van der Waals surface area contributed by atoms with E-state index in [0.29, 0.717) is 0 Å². The van der Waals surface area contributed by atoms with Crippen molar-refractivity contribution in [3.05, 3.63) is 142 Å². The lowest BCUT2D eigenvalue weighted by molar-refractivity contribution is 0.116. The van der Waals surface area contributed by atoms with Crippen molar-refractivity contribution < 1.29 is 5.11 Å². The number of hydrogen-bond acceptors (Lipinski definition) is 1. The standard InChI is InChI=1S/C40H56O/c1-31(2)17-13-20-34(5)23-15-25-35(6)24-14-21-32(3)18-11-12-19-33(4)22-16-26-36(7)27-28-39-37(8)29-38(41)30-40(39,9)10/h11-12,14-19,21-28,38,41H,13,20,29-30H2,1-10H3/b12-11+,21-14+,22-16+,25-15+,28-27+,32-18-,33-19-,34-23-,35-24-,36-26-/t38-/m1/s1. The van der Waals surface area contributed by atoms with E-state index in [2.05, 4.69) is 166 Å². The highest BCUT2D eigenvalue weighted by atomic mass is 16.3. The molecule has 0 saturated heterocycles. The molecule has 0 aromatic carbocycles. The number of hydrogen-bond donors (Lipinski definition) is 1. The van der Waals surface area contributed by atoms with Gasteiger partial charge in [-0.3, -0.25) is 0 Å². The van der Waals surface area contributed by atoms with Crippen molar-refractivity contribution in [2.24, 2.45) is 5.41 Å². The first-order valence-electron chi connectivity index (χ1n) is 15.1. The van der Waals surface area contributed by atoms with Gasteiger partial charge < -0.3 is 5.11 Å². The van der Waals surface area contributed by atoms with E-state index in [4.69, 9.17) is 0 Å². The molecule has 0 aliphatic heterocycles. The molecule has 41 heavy (non-hydrogen) atoms. The van der Waals surface area contributed by atoms with Crippen LogP contribution in [0.1, 0.15) is 94.9 Å². The monoisotopic (exact) mass is 552 g/mol. The molecule has 0 saturated carbocycles. The largest absolute Gasteiger partial charge is 0.393 e. The fraction of sp³-hybridized carbons (Fsp3) is 0.400. The molecule has 0 radical (unpaired) electrons. The van der Waals surface area contributed by atoms with Crippen LogP contribution in [0.4, 0.5) is 0 Å². The smallest absolute Gasteiger partial charge is 0.0585 e. The van der Waals surface area contributed by atoms with Crippen molar-refractivity contribution in [2.75, 3.05) is 0 Å². The van der Waals surface area contributed by atoms with E-state index in [-0.39, 0.29) is 11.5 Å². The Morgan fingerprint density at radius 2 is 1.17 bits per heavy atom. The second kappa shape index (κ2) is 19.1. The molecule has 0 aromatic heterocycles. The third-order valence-electron chi connectivity index (χ3n) is 7.09. The summed E-state index contributed by atoms with van der Waals surface area (Å²) in [6.07, 6.45) is 38.0. The maximum absolute atomic E-state index is 10.1. The predicted octanol–water partition coefficient (Wildman–Crippen LogP) is 11.7. The summed E-state index contributed by atoms with van der Waals surface area (Å²) in [5.41, 5.74) is 10.3. The summed E-state index contributed by atoms with van der Waals surface area (Å²) < 4.78 is 0. The molecule has 1 atom stereocenters. The van der Waals surface area contributed by atoms with Crippen molar-refractivity contribution in [3.8, 4) is 0 Å². The minimum absolute atomic E-state index is 0.0115. The Kier molecular flexibility index (Phi) is 16.7. The molecule has 1 aliphatic carbocycles. The Bertz CT molecular complexity index is 1220. The van der Waals surface area contributed by atoms with Gasteiger partial charge in [0.25, 0.3) is 0 Å². The molecule has 222 valence electrons. The van der Waals surface area contributed by atoms with Crippen LogP contribution in [0.15, 0.2) is 142 Å². The van der Waals surface area contributed by atoms with Crippen molar-refractivity contribution in [1.29, 1.82) is 0 Å². The van der Waals surface area contributed by atoms with E-state index in [1.165, 1.54) is 44.6 Å². The van der Waals surface area contributed by atoms with Crippen LogP contribution in [-0.4, -0.2) is 11.2 Å². The molecule has 0 aromatic rings. The summed E-state index contributed by atoms with van der Waals surface area (Å²) in [4.78, 5) is 0. The topological polar surface area (TPSA) is 20.2 Å². The number of rotatable bonds is 13. The highest BCUT2D eigenvalue weighted by Gasteiger charge is 2.31. The van der Waals surface area contributed by atoms with E-state index < -0.39 is 0 Å². The Balaban J connectivity index is 2.60. The van der Waals surface area contributed by atoms with E-state index in [1.54, 1.807) is 0 Å². The Morgan fingerprint density at radius 1 is 0.707 bits per heavy atom. The summed E-state index contributed by atoms with van der Waals surface area (Å²) in [7, 11) is 0. The minimum atomic E-state index is -0.222. The highest BCUT2D eigenvalue weighted by Crippen LogP contribution is 2.41. The molecule has 0 fully saturated rings. The molecular formula is C40H56O. The lowest BCUT2D eigenvalue weighted by atomic mass is 9.71. The maximum Gasteiger partial charge on any atom is 0.0585 e. The normalized spacial score (nSPS) is 20.2. The molecule has 1 rings (SSSR count). The third-order valence-corrected chi connectivity index (χ3v) is 7.09. The van der Waals surface area contributed by atoms with Gasteiger partial charge in [-0.1, -0.05) is 150 Å². The third kappa shape index (κ3) is 16.6. The predicted molar refractivity (Wildman–Crippen MR) is 185 cm³/mol. The van der Waals surface area contributed by atoms with Crippen molar-refractivity contribution in [1.82, 2.24) is 0 Å². The molecule has 0 unspecified atom stereocenters. The van der Waals surface area contributed by atoms with Gasteiger partial charge >= 0.3 is 0 Å². The second-order valence-electron chi connectivity index (χ2n) is 12.4. The first-order valence-corrected chi connectivity index (χ1v) is 15.1. The Labute approximate surface area is 252 Å². The van der Waals surface area contributed by atoms with Gasteiger partial charge in [0.2, 0.25) is 0 Å².